The lowest BCUT2D eigenvalue weighted by Crippen LogP contribution is -2.25. The van der Waals surface area contributed by atoms with Crippen LogP contribution < -0.4 is 4.74 Å². The highest BCUT2D eigenvalue weighted by Gasteiger charge is 2.02. The molecule has 0 aliphatic carbocycles. The second-order valence-corrected chi connectivity index (χ2v) is 3.84. The average molecular weight is 234 g/mol. The van der Waals surface area contributed by atoms with E-state index in [2.05, 4.69) is 11.0 Å². The molecule has 0 fully saturated rings. The molecule has 1 aromatic rings. The van der Waals surface area contributed by atoms with Crippen molar-refractivity contribution in [1.82, 2.24) is 4.90 Å². The standard InChI is InChI=1S/C13H18N2O2/c1-15(7-4-9-16)8-10-17-13-6-3-2-5-12(13)11-14/h2-3,5-6,16H,4,7-10H2,1H3. The first-order chi connectivity index (χ1) is 8.27. The number of para-hydroxylation sites is 1. The molecule has 1 aromatic carbocycles. The van der Waals surface area contributed by atoms with Gasteiger partial charge in [-0.15, -0.1) is 0 Å². The van der Waals surface area contributed by atoms with Crippen molar-refractivity contribution in [3.63, 3.8) is 0 Å². The molecule has 0 saturated heterocycles. The lowest BCUT2D eigenvalue weighted by atomic mass is 10.2. The third kappa shape index (κ3) is 4.85. The summed E-state index contributed by atoms with van der Waals surface area (Å²) in [7, 11) is 1.98. The maximum Gasteiger partial charge on any atom is 0.137 e. The van der Waals surface area contributed by atoms with Gasteiger partial charge >= 0.3 is 0 Å². The zero-order chi connectivity index (χ0) is 12.5. The van der Waals surface area contributed by atoms with Crippen LogP contribution in [0, 0.1) is 11.3 Å². The Morgan fingerprint density at radius 3 is 2.82 bits per heavy atom. The van der Waals surface area contributed by atoms with Gasteiger partial charge in [0.15, 0.2) is 0 Å². The van der Waals surface area contributed by atoms with E-state index in [1.165, 1.54) is 0 Å². The second-order valence-electron chi connectivity index (χ2n) is 3.84. The highest BCUT2D eigenvalue weighted by molar-refractivity contribution is 5.42. The Morgan fingerprint density at radius 1 is 1.35 bits per heavy atom. The number of benzene rings is 1. The van der Waals surface area contributed by atoms with Gasteiger partial charge in [-0.3, -0.25) is 0 Å². The quantitative estimate of drug-likeness (QED) is 0.771. The predicted octanol–water partition coefficient (Wildman–Crippen LogP) is 1.25. The van der Waals surface area contributed by atoms with E-state index in [9.17, 15) is 0 Å². The minimum Gasteiger partial charge on any atom is -0.491 e. The Hall–Kier alpha value is -1.57. The van der Waals surface area contributed by atoms with Crippen molar-refractivity contribution in [2.45, 2.75) is 6.42 Å². The normalized spacial score (nSPS) is 10.2. The molecule has 1 N–H and O–H groups in total. The first-order valence-corrected chi connectivity index (χ1v) is 5.69. The molecule has 0 aliphatic rings. The number of rotatable bonds is 7. The topological polar surface area (TPSA) is 56.5 Å². The molecule has 4 heteroatoms. The Labute approximate surface area is 102 Å². The monoisotopic (exact) mass is 234 g/mol. The molecular weight excluding hydrogens is 216 g/mol. The summed E-state index contributed by atoms with van der Waals surface area (Å²) < 4.78 is 5.55. The second kappa shape index (κ2) is 7.66. The molecule has 0 radical (unpaired) electrons. The molecule has 0 heterocycles. The van der Waals surface area contributed by atoms with Crippen LogP contribution in [0.25, 0.3) is 0 Å². The lowest BCUT2D eigenvalue weighted by Gasteiger charge is -2.16. The van der Waals surface area contributed by atoms with Crippen LogP contribution in [0.15, 0.2) is 24.3 Å². The molecule has 0 aliphatic heterocycles. The van der Waals surface area contributed by atoms with Gasteiger partial charge in [-0.2, -0.15) is 5.26 Å². The molecule has 0 atom stereocenters. The van der Waals surface area contributed by atoms with E-state index in [0.717, 1.165) is 19.5 Å². The van der Waals surface area contributed by atoms with Crippen LogP contribution in [0.4, 0.5) is 0 Å². The summed E-state index contributed by atoms with van der Waals surface area (Å²) in [5.74, 6) is 0.630. The molecule has 0 spiro atoms. The molecule has 92 valence electrons. The number of aliphatic hydroxyl groups is 1. The zero-order valence-electron chi connectivity index (χ0n) is 10.1. The largest absolute Gasteiger partial charge is 0.491 e. The molecule has 0 saturated carbocycles. The minimum atomic E-state index is 0.211. The molecule has 0 unspecified atom stereocenters. The van der Waals surface area contributed by atoms with Crippen LogP contribution in [0.1, 0.15) is 12.0 Å². The number of ether oxygens (including phenoxy) is 1. The van der Waals surface area contributed by atoms with E-state index < -0.39 is 0 Å². The van der Waals surface area contributed by atoms with Gasteiger partial charge in [-0.1, -0.05) is 12.1 Å². The van der Waals surface area contributed by atoms with E-state index in [1.807, 2.05) is 19.2 Å². The van der Waals surface area contributed by atoms with Gasteiger partial charge in [0.05, 0.1) is 5.56 Å². The smallest absolute Gasteiger partial charge is 0.137 e. The molecule has 0 bridgehead atoms. The number of nitrogens with zero attached hydrogens (tertiary/aromatic N) is 2. The summed E-state index contributed by atoms with van der Waals surface area (Å²) in [5, 5.41) is 17.6. The third-order valence-corrected chi connectivity index (χ3v) is 2.44. The van der Waals surface area contributed by atoms with Gasteiger partial charge < -0.3 is 14.7 Å². The van der Waals surface area contributed by atoms with E-state index >= 15 is 0 Å². The SMILES string of the molecule is CN(CCCO)CCOc1ccccc1C#N. The fourth-order valence-corrected chi connectivity index (χ4v) is 1.45. The molecular formula is C13H18N2O2. The van der Waals surface area contributed by atoms with E-state index in [4.69, 9.17) is 15.1 Å². The van der Waals surface area contributed by atoms with Gasteiger partial charge in [0, 0.05) is 19.7 Å². The fourth-order valence-electron chi connectivity index (χ4n) is 1.45. The first-order valence-electron chi connectivity index (χ1n) is 5.69. The van der Waals surface area contributed by atoms with E-state index in [-0.39, 0.29) is 6.61 Å². The maximum absolute atomic E-state index is 8.87. The summed E-state index contributed by atoms with van der Waals surface area (Å²) in [6, 6.07) is 9.31. The van der Waals surface area contributed by atoms with Crippen LogP contribution >= 0.6 is 0 Å². The van der Waals surface area contributed by atoms with E-state index in [0.29, 0.717) is 17.9 Å². The number of aliphatic hydroxyl groups excluding tert-OH is 1. The summed E-state index contributed by atoms with van der Waals surface area (Å²) >= 11 is 0. The zero-order valence-corrected chi connectivity index (χ0v) is 10.1. The van der Waals surface area contributed by atoms with Gasteiger partial charge in [0.2, 0.25) is 0 Å². The summed E-state index contributed by atoms with van der Waals surface area (Å²) in [4.78, 5) is 2.09. The van der Waals surface area contributed by atoms with Crippen LogP contribution in [-0.4, -0.2) is 43.4 Å². The van der Waals surface area contributed by atoms with Crippen molar-refractivity contribution in [1.29, 1.82) is 5.26 Å². The van der Waals surface area contributed by atoms with Crippen molar-refractivity contribution < 1.29 is 9.84 Å². The van der Waals surface area contributed by atoms with Gasteiger partial charge in [0.1, 0.15) is 18.4 Å². The van der Waals surface area contributed by atoms with Crippen molar-refractivity contribution in [2.24, 2.45) is 0 Å². The number of likely N-dealkylation sites (N-methyl/N-ethyl adjacent to an activating group) is 1. The minimum absolute atomic E-state index is 0.211. The Kier molecular flexibility index (Phi) is 6.08. The van der Waals surface area contributed by atoms with E-state index in [1.54, 1.807) is 12.1 Å². The van der Waals surface area contributed by atoms with Crippen molar-refractivity contribution >= 4 is 0 Å². The number of hydrogen-bond donors (Lipinski definition) is 1. The van der Waals surface area contributed by atoms with Crippen LogP contribution in [0.3, 0.4) is 0 Å². The highest BCUT2D eigenvalue weighted by Crippen LogP contribution is 2.16. The van der Waals surface area contributed by atoms with Gasteiger partial charge in [0.25, 0.3) is 0 Å². The van der Waals surface area contributed by atoms with Crippen molar-refractivity contribution in [2.75, 3.05) is 33.4 Å². The summed E-state index contributed by atoms with van der Waals surface area (Å²) in [6.07, 6.45) is 0.769. The van der Waals surface area contributed by atoms with Crippen LogP contribution in [0.2, 0.25) is 0 Å². The average Bonchev–Trinajstić information content (AvgIpc) is 2.37. The number of nitriles is 1. The van der Waals surface area contributed by atoms with Gasteiger partial charge in [-0.05, 0) is 25.6 Å². The fraction of sp³-hybridized carbons (Fsp3) is 0.462. The summed E-state index contributed by atoms with van der Waals surface area (Å²) in [5.41, 5.74) is 0.561. The Balaban J connectivity index is 2.33. The highest BCUT2D eigenvalue weighted by atomic mass is 16.5. The van der Waals surface area contributed by atoms with Crippen molar-refractivity contribution in [3.05, 3.63) is 29.8 Å². The lowest BCUT2D eigenvalue weighted by molar-refractivity contribution is 0.213. The third-order valence-electron chi connectivity index (χ3n) is 2.44. The molecule has 0 amide bonds. The molecule has 0 aromatic heterocycles. The Bertz CT molecular complexity index is 374. The van der Waals surface area contributed by atoms with Crippen LogP contribution in [-0.2, 0) is 0 Å². The maximum atomic E-state index is 8.87. The molecule has 1 rings (SSSR count). The molecule has 4 nitrogen and oxygen atoms in total. The van der Waals surface area contributed by atoms with Gasteiger partial charge in [-0.25, -0.2) is 0 Å². The van der Waals surface area contributed by atoms with Crippen LogP contribution in [0.5, 0.6) is 5.75 Å². The Morgan fingerprint density at radius 2 is 2.12 bits per heavy atom. The molecule has 17 heavy (non-hydrogen) atoms. The number of hydrogen-bond acceptors (Lipinski definition) is 4. The predicted molar refractivity (Wildman–Crippen MR) is 65.9 cm³/mol. The summed E-state index contributed by atoms with van der Waals surface area (Å²) in [6.45, 7) is 2.38. The van der Waals surface area contributed by atoms with Crippen molar-refractivity contribution in [3.8, 4) is 11.8 Å². The first kappa shape index (κ1) is 13.5.